The molecule has 0 bridgehead atoms. The second-order valence-corrected chi connectivity index (χ2v) is 4.69. The molecule has 1 aromatic rings. The molecule has 1 heterocycles. The fourth-order valence-electron chi connectivity index (χ4n) is 2.34. The molecule has 0 amide bonds. The molecular weight excluding hydrogens is 244 g/mol. The van der Waals surface area contributed by atoms with Crippen LogP contribution in [0.25, 0.3) is 0 Å². The number of nitrogens with zero attached hydrogens (tertiary/aromatic N) is 1. The molecular formula is C14H20N2O3. The van der Waals surface area contributed by atoms with E-state index in [2.05, 4.69) is 10.2 Å². The maximum Gasteiger partial charge on any atom is 0.337 e. The van der Waals surface area contributed by atoms with Gasteiger partial charge in [0.15, 0.2) is 0 Å². The number of benzene rings is 1. The number of hydrogen-bond acceptors (Lipinski definition) is 4. The van der Waals surface area contributed by atoms with Crippen LogP contribution >= 0.6 is 0 Å². The predicted octanol–water partition coefficient (Wildman–Crippen LogP) is 1.90. The Bertz CT molecular complexity index is 442. The summed E-state index contributed by atoms with van der Waals surface area (Å²) in [5, 5.41) is 12.3. The van der Waals surface area contributed by atoms with Crippen LogP contribution in [0.15, 0.2) is 18.2 Å². The number of methoxy groups -OCH3 is 1. The Kier molecular flexibility index (Phi) is 4.63. The molecule has 0 aromatic heterocycles. The van der Waals surface area contributed by atoms with Gasteiger partial charge in [-0.2, -0.15) is 0 Å². The number of carboxylic acid groups (broad SMARTS) is 1. The molecule has 1 aliphatic rings. The molecule has 19 heavy (non-hydrogen) atoms. The third-order valence-corrected chi connectivity index (χ3v) is 3.40. The summed E-state index contributed by atoms with van der Waals surface area (Å²) in [6.07, 6.45) is 2.53. The van der Waals surface area contributed by atoms with E-state index in [9.17, 15) is 4.79 Å². The molecule has 1 saturated heterocycles. The minimum atomic E-state index is -0.925. The Morgan fingerprint density at radius 1 is 1.42 bits per heavy atom. The molecule has 2 rings (SSSR count). The topological polar surface area (TPSA) is 61.8 Å². The normalized spacial score (nSPS) is 15.4. The van der Waals surface area contributed by atoms with Crippen LogP contribution in [0.3, 0.4) is 0 Å². The molecule has 0 saturated carbocycles. The van der Waals surface area contributed by atoms with E-state index in [0.29, 0.717) is 11.4 Å². The van der Waals surface area contributed by atoms with E-state index in [1.807, 2.05) is 0 Å². The van der Waals surface area contributed by atoms with Crippen molar-refractivity contribution >= 4 is 11.7 Å². The first-order chi connectivity index (χ1) is 9.20. The Morgan fingerprint density at radius 3 is 2.79 bits per heavy atom. The van der Waals surface area contributed by atoms with Crippen molar-refractivity contribution in [3.8, 4) is 5.75 Å². The van der Waals surface area contributed by atoms with Crippen LogP contribution in [0.4, 0.5) is 5.69 Å². The van der Waals surface area contributed by atoms with Crippen molar-refractivity contribution in [2.24, 2.45) is 0 Å². The first-order valence-corrected chi connectivity index (χ1v) is 6.58. The largest absolute Gasteiger partial charge is 0.497 e. The van der Waals surface area contributed by atoms with Crippen LogP contribution in [0.2, 0.25) is 0 Å². The van der Waals surface area contributed by atoms with Crippen LogP contribution in [0, 0.1) is 0 Å². The summed E-state index contributed by atoms with van der Waals surface area (Å²) in [4.78, 5) is 13.5. The summed E-state index contributed by atoms with van der Waals surface area (Å²) in [7, 11) is 1.57. The quantitative estimate of drug-likeness (QED) is 0.821. The van der Waals surface area contributed by atoms with Gasteiger partial charge in [-0.05, 0) is 38.1 Å². The number of hydrogen-bond donors (Lipinski definition) is 2. The van der Waals surface area contributed by atoms with Crippen molar-refractivity contribution < 1.29 is 14.6 Å². The number of ether oxygens (including phenoxy) is 1. The Morgan fingerprint density at radius 2 is 2.16 bits per heavy atom. The SMILES string of the molecule is COc1ccc(C(=O)O)c(NCCN2CCCC2)c1. The number of likely N-dealkylation sites (tertiary alicyclic amines) is 1. The van der Waals surface area contributed by atoms with Gasteiger partial charge in [0, 0.05) is 19.2 Å². The molecule has 0 atom stereocenters. The van der Waals surface area contributed by atoms with Crippen LogP contribution < -0.4 is 10.1 Å². The van der Waals surface area contributed by atoms with Crippen molar-refractivity contribution in [2.45, 2.75) is 12.8 Å². The number of aromatic carboxylic acids is 1. The van der Waals surface area contributed by atoms with E-state index in [-0.39, 0.29) is 5.56 Å². The minimum Gasteiger partial charge on any atom is -0.497 e. The Hall–Kier alpha value is -1.75. The lowest BCUT2D eigenvalue weighted by molar-refractivity contribution is 0.0698. The van der Waals surface area contributed by atoms with Gasteiger partial charge in [-0.25, -0.2) is 4.79 Å². The maximum absolute atomic E-state index is 11.1. The second-order valence-electron chi connectivity index (χ2n) is 4.69. The molecule has 2 N–H and O–H groups in total. The van der Waals surface area contributed by atoms with Gasteiger partial charge < -0.3 is 20.1 Å². The lowest BCUT2D eigenvalue weighted by Gasteiger charge is -2.16. The summed E-state index contributed by atoms with van der Waals surface area (Å²) in [5.41, 5.74) is 0.897. The monoisotopic (exact) mass is 264 g/mol. The van der Waals surface area contributed by atoms with Gasteiger partial charge in [-0.3, -0.25) is 0 Å². The Labute approximate surface area is 113 Å². The van der Waals surface area contributed by atoms with Gasteiger partial charge >= 0.3 is 5.97 Å². The van der Waals surface area contributed by atoms with E-state index in [4.69, 9.17) is 9.84 Å². The van der Waals surface area contributed by atoms with Crippen molar-refractivity contribution in [1.29, 1.82) is 0 Å². The van der Waals surface area contributed by atoms with E-state index < -0.39 is 5.97 Å². The van der Waals surface area contributed by atoms with Crippen LogP contribution in [0.1, 0.15) is 23.2 Å². The number of carboxylic acids is 1. The molecule has 0 radical (unpaired) electrons. The highest BCUT2D eigenvalue weighted by molar-refractivity contribution is 5.94. The number of anilines is 1. The summed E-state index contributed by atoms with van der Waals surface area (Å²) in [5.74, 6) is -0.264. The highest BCUT2D eigenvalue weighted by atomic mass is 16.5. The van der Waals surface area contributed by atoms with Crippen molar-refractivity contribution in [2.75, 3.05) is 38.6 Å². The zero-order chi connectivity index (χ0) is 13.7. The molecule has 1 aliphatic heterocycles. The summed E-state index contributed by atoms with van der Waals surface area (Å²) >= 11 is 0. The van der Waals surface area contributed by atoms with E-state index in [1.54, 1.807) is 25.3 Å². The summed E-state index contributed by atoms with van der Waals surface area (Å²) in [6, 6.07) is 4.96. The zero-order valence-corrected chi connectivity index (χ0v) is 11.2. The predicted molar refractivity (Wildman–Crippen MR) is 74.1 cm³/mol. The van der Waals surface area contributed by atoms with E-state index in [0.717, 1.165) is 26.2 Å². The fourth-order valence-corrected chi connectivity index (χ4v) is 2.34. The van der Waals surface area contributed by atoms with Crippen molar-refractivity contribution in [1.82, 2.24) is 4.90 Å². The summed E-state index contributed by atoms with van der Waals surface area (Å²) < 4.78 is 5.13. The molecule has 1 fully saturated rings. The van der Waals surface area contributed by atoms with E-state index >= 15 is 0 Å². The fraction of sp³-hybridized carbons (Fsp3) is 0.500. The Balaban J connectivity index is 1.98. The van der Waals surface area contributed by atoms with Gasteiger partial charge in [0.25, 0.3) is 0 Å². The van der Waals surface area contributed by atoms with Gasteiger partial charge in [0.1, 0.15) is 5.75 Å². The number of rotatable bonds is 6. The molecule has 1 aromatic carbocycles. The highest BCUT2D eigenvalue weighted by Crippen LogP contribution is 2.22. The van der Waals surface area contributed by atoms with Crippen LogP contribution in [-0.2, 0) is 0 Å². The van der Waals surface area contributed by atoms with Crippen LogP contribution in [0.5, 0.6) is 5.75 Å². The third-order valence-electron chi connectivity index (χ3n) is 3.40. The average Bonchev–Trinajstić information content (AvgIpc) is 2.91. The lowest BCUT2D eigenvalue weighted by atomic mass is 10.1. The van der Waals surface area contributed by atoms with Gasteiger partial charge in [0.05, 0.1) is 18.4 Å². The van der Waals surface area contributed by atoms with Gasteiger partial charge in [-0.15, -0.1) is 0 Å². The van der Waals surface area contributed by atoms with Gasteiger partial charge in [0.2, 0.25) is 0 Å². The average molecular weight is 264 g/mol. The minimum absolute atomic E-state index is 0.280. The lowest BCUT2D eigenvalue weighted by Crippen LogP contribution is -2.26. The molecule has 0 aliphatic carbocycles. The zero-order valence-electron chi connectivity index (χ0n) is 11.2. The van der Waals surface area contributed by atoms with Crippen molar-refractivity contribution in [3.05, 3.63) is 23.8 Å². The second kappa shape index (κ2) is 6.43. The molecule has 0 unspecified atom stereocenters. The standard InChI is InChI=1S/C14H20N2O3/c1-19-11-4-5-12(14(17)18)13(10-11)15-6-9-16-7-2-3-8-16/h4-5,10,15H,2-3,6-9H2,1H3,(H,17,18). The van der Waals surface area contributed by atoms with E-state index in [1.165, 1.54) is 12.8 Å². The highest BCUT2D eigenvalue weighted by Gasteiger charge is 2.13. The maximum atomic E-state index is 11.1. The molecule has 104 valence electrons. The van der Waals surface area contributed by atoms with Crippen molar-refractivity contribution in [3.63, 3.8) is 0 Å². The first kappa shape index (κ1) is 13.7. The molecule has 5 nitrogen and oxygen atoms in total. The van der Waals surface area contributed by atoms with Crippen LogP contribution in [-0.4, -0.2) is 49.3 Å². The number of nitrogens with one attached hydrogen (secondary N) is 1. The number of carbonyl (C=O) groups is 1. The summed E-state index contributed by atoms with van der Waals surface area (Å²) in [6.45, 7) is 3.97. The smallest absolute Gasteiger partial charge is 0.337 e. The molecule has 5 heteroatoms. The molecule has 0 spiro atoms. The van der Waals surface area contributed by atoms with Gasteiger partial charge in [-0.1, -0.05) is 0 Å². The third kappa shape index (κ3) is 3.61. The first-order valence-electron chi connectivity index (χ1n) is 6.58.